The van der Waals surface area contributed by atoms with Gasteiger partial charge in [-0.1, -0.05) is 0 Å². The first-order valence-corrected chi connectivity index (χ1v) is 15.6. The van der Waals surface area contributed by atoms with Crippen molar-refractivity contribution in [1.82, 2.24) is 25.1 Å². The quantitative estimate of drug-likeness (QED) is 0.266. The van der Waals surface area contributed by atoms with Crippen LogP contribution in [-0.2, 0) is 6.54 Å². The third kappa shape index (κ3) is 4.86. The van der Waals surface area contributed by atoms with Gasteiger partial charge in [0.15, 0.2) is 6.29 Å². The Kier molecular flexibility index (Phi) is 6.97. The Morgan fingerprint density at radius 3 is 2.82 bits per heavy atom. The molecule has 1 aliphatic carbocycles. The molecular formula is C26H25ClFN6O3Pb. The minimum atomic E-state index is -0.530. The predicted octanol–water partition coefficient (Wildman–Crippen LogP) is 3.76. The molecule has 2 aromatic heterocycles. The van der Waals surface area contributed by atoms with Crippen molar-refractivity contribution in [3.8, 4) is 17.4 Å². The SMILES string of the molecule is CC1CN([CH2][Pb])Cc2c(OC3CC4(C3)CN(c3nc(Cl)nnc3Oc3ccc(F)cc3C=O)C4)ccnc21. The second-order valence-electron chi connectivity index (χ2n) is 10.4. The molecule has 3 aromatic rings. The Morgan fingerprint density at radius 1 is 1.24 bits per heavy atom. The standard InChI is InChI=1S/C26H25ClFN6O3.Pb/c1-15-10-33(2)11-19-21(5-6-29-22(15)19)36-18-8-26(9-18)13-34(14-26)23-24(31-32-25(27)30-23)37-20-4-3-17(28)7-16(20)12-35;/h3-7,12,15,18H,2,8-11,13-14H2,1H3;. The van der Waals surface area contributed by atoms with Crippen LogP contribution in [0.2, 0.25) is 5.28 Å². The normalized spacial score (nSPS) is 20.4. The molecule has 6 rings (SSSR count). The molecule has 2 fully saturated rings. The van der Waals surface area contributed by atoms with Crippen molar-refractivity contribution in [2.45, 2.75) is 38.3 Å². The van der Waals surface area contributed by atoms with Gasteiger partial charge in [0.2, 0.25) is 5.28 Å². The van der Waals surface area contributed by atoms with Crippen LogP contribution in [0.15, 0.2) is 30.5 Å². The van der Waals surface area contributed by atoms with Crippen molar-refractivity contribution in [3.05, 3.63) is 58.4 Å². The van der Waals surface area contributed by atoms with Gasteiger partial charge in [-0.25, -0.2) is 4.39 Å². The topological polar surface area (TPSA) is 93.6 Å². The molecule has 3 radical (unpaired) electrons. The van der Waals surface area contributed by atoms with E-state index in [4.69, 9.17) is 21.1 Å². The van der Waals surface area contributed by atoms with E-state index in [1.54, 1.807) is 0 Å². The molecule has 2 aliphatic heterocycles. The number of nitrogens with zero attached hydrogens (tertiary/aromatic N) is 6. The van der Waals surface area contributed by atoms with Gasteiger partial charge in [0.1, 0.15) is 11.6 Å². The summed E-state index contributed by atoms with van der Waals surface area (Å²) in [5.74, 6) is 1.58. The summed E-state index contributed by atoms with van der Waals surface area (Å²) in [4.78, 5) is 24.9. The summed E-state index contributed by atoms with van der Waals surface area (Å²) >= 11 is 7.20. The summed E-state index contributed by atoms with van der Waals surface area (Å²) in [5.41, 5.74) is 2.60. The number of anilines is 1. The van der Waals surface area contributed by atoms with E-state index in [-0.39, 0.29) is 34.0 Å². The first-order valence-electron chi connectivity index (χ1n) is 12.5. The molecule has 4 heterocycles. The van der Waals surface area contributed by atoms with Crippen molar-refractivity contribution >= 4 is 49.5 Å². The number of rotatable bonds is 7. The van der Waals surface area contributed by atoms with Crippen LogP contribution in [0.5, 0.6) is 17.4 Å². The molecular weight excluding hydrogens is 706 g/mol. The van der Waals surface area contributed by atoms with Crippen LogP contribution in [0.25, 0.3) is 0 Å². The number of carbonyl (C=O) groups excluding carboxylic acids is 1. The Labute approximate surface area is 240 Å². The molecule has 1 unspecified atom stereocenters. The molecule has 12 heteroatoms. The Bertz CT molecular complexity index is 1380. The number of aldehydes is 1. The fourth-order valence-corrected chi connectivity index (χ4v) is 6.83. The fraction of sp³-hybridized carbons (Fsp3) is 0.423. The number of benzene rings is 1. The van der Waals surface area contributed by atoms with Crippen LogP contribution in [0.3, 0.4) is 0 Å². The molecule has 9 nitrogen and oxygen atoms in total. The Balaban J connectivity index is 1.12. The summed E-state index contributed by atoms with van der Waals surface area (Å²) < 4.78 is 27.0. The van der Waals surface area contributed by atoms with Gasteiger partial charge in [-0.2, -0.15) is 4.98 Å². The van der Waals surface area contributed by atoms with Crippen LogP contribution in [0.4, 0.5) is 10.2 Å². The van der Waals surface area contributed by atoms with E-state index in [2.05, 4.69) is 32.0 Å². The Hall–Kier alpha value is -2.45. The maximum atomic E-state index is 13.5. The predicted molar refractivity (Wildman–Crippen MR) is 139 cm³/mol. The van der Waals surface area contributed by atoms with Gasteiger partial charge < -0.3 is 4.74 Å². The third-order valence-corrected chi connectivity index (χ3v) is 9.43. The molecule has 1 atom stereocenters. The first-order chi connectivity index (χ1) is 18.4. The van der Waals surface area contributed by atoms with Crippen LogP contribution in [0, 0.1) is 11.2 Å². The molecule has 0 amide bonds. The number of carbonyl (C=O) groups is 1. The first kappa shape index (κ1) is 25.8. The molecule has 3 aliphatic rings. The molecule has 1 saturated heterocycles. The van der Waals surface area contributed by atoms with Gasteiger partial charge >= 0.3 is 148 Å². The van der Waals surface area contributed by atoms with E-state index in [1.165, 1.54) is 17.7 Å². The molecule has 0 bridgehead atoms. The van der Waals surface area contributed by atoms with E-state index in [1.807, 2.05) is 17.2 Å². The van der Waals surface area contributed by atoms with E-state index in [9.17, 15) is 9.18 Å². The molecule has 0 N–H and O–H groups in total. The van der Waals surface area contributed by atoms with Gasteiger partial charge in [-0.3, -0.25) is 4.79 Å². The van der Waals surface area contributed by atoms with Crippen LogP contribution in [0.1, 0.15) is 47.3 Å². The van der Waals surface area contributed by atoms with E-state index >= 15 is 0 Å². The summed E-state index contributed by atoms with van der Waals surface area (Å²) in [6, 6.07) is 5.70. The second kappa shape index (κ2) is 10.3. The number of halogens is 2. The monoisotopic (exact) mass is 731 g/mol. The van der Waals surface area contributed by atoms with Crippen molar-refractivity contribution < 1.29 is 18.7 Å². The second-order valence-corrected chi connectivity index (χ2v) is 11.9. The van der Waals surface area contributed by atoms with Gasteiger partial charge in [0, 0.05) is 0 Å². The van der Waals surface area contributed by atoms with Crippen molar-refractivity contribution in [2.24, 2.45) is 5.41 Å². The van der Waals surface area contributed by atoms with Crippen LogP contribution >= 0.6 is 11.6 Å². The van der Waals surface area contributed by atoms with Gasteiger partial charge in [-0.15, -0.1) is 10.2 Å². The number of aromatic nitrogens is 4. The van der Waals surface area contributed by atoms with Gasteiger partial charge in [0.25, 0.3) is 5.88 Å². The van der Waals surface area contributed by atoms with Crippen molar-refractivity contribution in [3.63, 3.8) is 0 Å². The average Bonchev–Trinajstić information content (AvgIpc) is 2.86. The van der Waals surface area contributed by atoms with Crippen LogP contribution < -0.4 is 14.4 Å². The van der Waals surface area contributed by atoms with Crippen molar-refractivity contribution in [1.29, 1.82) is 0 Å². The fourth-order valence-electron chi connectivity index (χ4n) is 5.78. The molecule has 38 heavy (non-hydrogen) atoms. The molecule has 1 spiro atoms. The maximum absolute atomic E-state index is 13.5. The molecule has 1 saturated carbocycles. The number of ether oxygens (including phenoxy) is 2. The molecule has 1 aromatic carbocycles. The average molecular weight is 731 g/mol. The minimum absolute atomic E-state index is 0.00156. The summed E-state index contributed by atoms with van der Waals surface area (Å²) in [5, 5.41) is 7.84. The summed E-state index contributed by atoms with van der Waals surface area (Å²) in [6.07, 6.45) is 4.43. The Morgan fingerprint density at radius 2 is 2.05 bits per heavy atom. The van der Waals surface area contributed by atoms with E-state index in [0.29, 0.717) is 18.0 Å². The zero-order chi connectivity index (χ0) is 26.4. The van der Waals surface area contributed by atoms with Crippen molar-refractivity contribution in [2.75, 3.05) is 28.6 Å². The number of hydrogen-bond acceptors (Lipinski definition) is 9. The summed E-state index contributed by atoms with van der Waals surface area (Å²) in [7, 11) is 0. The summed E-state index contributed by atoms with van der Waals surface area (Å²) in [6.45, 7) is 5.70. The van der Waals surface area contributed by atoms with Gasteiger partial charge in [-0.05, 0) is 29.8 Å². The zero-order valence-corrected chi connectivity index (χ0v) is 25.4. The number of fused-ring (bicyclic) bond motifs is 1. The van der Waals surface area contributed by atoms with E-state index in [0.717, 1.165) is 86.4 Å². The van der Waals surface area contributed by atoms with E-state index < -0.39 is 5.82 Å². The number of pyridine rings is 1. The number of hydrogen-bond donors (Lipinski definition) is 0. The van der Waals surface area contributed by atoms with Gasteiger partial charge in [0.05, 0.1) is 5.56 Å². The molecule has 195 valence electrons. The third-order valence-electron chi connectivity index (χ3n) is 7.54. The van der Waals surface area contributed by atoms with Crippen LogP contribution in [-0.4, -0.2) is 87.0 Å². The zero-order valence-electron chi connectivity index (χ0n) is 20.7.